The number of thiophene rings is 1. The lowest BCUT2D eigenvalue weighted by atomic mass is 10.0. The molecule has 1 atom stereocenters. The van der Waals surface area contributed by atoms with E-state index in [1.165, 1.54) is 30.6 Å². The number of ether oxygens (including phenoxy) is 1. The van der Waals surface area contributed by atoms with Crippen LogP contribution in [0.2, 0.25) is 0 Å². The number of methoxy groups -OCH3 is 1. The van der Waals surface area contributed by atoms with Crippen molar-refractivity contribution in [3.8, 4) is 5.75 Å². The summed E-state index contributed by atoms with van der Waals surface area (Å²) in [5.41, 5.74) is 6.61. The van der Waals surface area contributed by atoms with Crippen molar-refractivity contribution in [2.24, 2.45) is 5.92 Å². The molecule has 5 heteroatoms. The third kappa shape index (κ3) is 2.92. The molecule has 1 aromatic rings. The average molecular weight is 296 g/mol. The van der Waals surface area contributed by atoms with Gasteiger partial charge in [-0.1, -0.05) is 13.8 Å². The van der Waals surface area contributed by atoms with E-state index in [1.807, 2.05) is 6.92 Å². The second-order valence-corrected chi connectivity index (χ2v) is 6.48. The molecule has 1 fully saturated rings. The maximum absolute atomic E-state index is 12.0. The molecule has 2 heterocycles. The van der Waals surface area contributed by atoms with E-state index in [2.05, 4.69) is 11.8 Å². The molecule has 1 saturated heterocycles. The third-order valence-corrected chi connectivity index (χ3v) is 5.25. The molecule has 1 unspecified atom stereocenters. The lowest BCUT2D eigenvalue weighted by molar-refractivity contribution is 0.0992. The van der Waals surface area contributed by atoms with E-state index in [4.69, 9.17) is 10.5 Å². The predicted octanol–water partition coefficient (Wildman–Crippen LogP) is 3.56. The number of nitrogens with two attached hydrogens (primary N) is 1. The van der Waals surface area contributed by atoms with E-state index in [0.717, 1.165) is 24.0 Å². The predicted molar refractivity (Wildman–Crippen MR) is 85.1 cm³/mol. The number of anilines is 2. The highest BCUT2D eigenvalue weighted by Gasteiger charge is 2.25. The Kier molecular flexibility index (Phi) is 4.91. The zero-order valence-corrected chi connectivity index (χ0v) is 13.4. The first-order valence-corrected chi connectivity index (χ1v) is 8.14. The van der Waals surface area contributed by atoms with Gasteiger partial charge in [0.05, 0.1) is 17.7 Å². The van der Waals surface area contributed by atoms with Gasteiger partial charge in [-0.3, -0.25) is 4.79 Å². The summed E-state index contributed by atoms with van der Waals surface area (Å²) in [7, 11) is 1.63. The van der Waals surface area contributed by atoms with Gasteiger partial charge in [-0.25, -0.2) is 0 Å². The summed E-state index contributed by atoms with van der Waals surface area (Å²) in [4.78, 5) is 15.0. The van der Waals surface area contributed by atoms with E-state index in [-0.39, 0.29) is 5.78 Å². The van der Waals surface area contributed by atoms with Gasteiger partial charge >= 0.3 is 0 Å². The van der Waals surface area contributed by atoms with Gasteiger partial charge in [0.15, 0.2) is 11.5 Å². The van der Waals surface area contributed by atoms with Crippen LogP contribution < -0.4 is 15.4 Å². The van der Waals surface area contributed by atoms with Gasteiger partial charge in [-0.05, 0) is 25.2 Å². The summed E-state index contributed by atoms with van der Waals surface area (Å²) in [6.45, 7) is 6.19. The standard InChI is InChI=1S/C15H24N2O2S/c1-4-11(18)14-12(16)13(19-3)15(20-14)17-8-5-6-10(2)7-9-17/h10H,4-9,16H2,1-3H3. The van der Waals surface area contributed by atoms with Gasteiger partial charge in [-0.15, -0.1) is 11.3 Å². The van der Waals surface area contributed by atoms with Crippen LogP contribution in [0.4, 0.5) is 10.7 Å². The number of carbonyl (C=O) groups is 1. The highest BCUT2D eigenvalue weighted by molar-refractivity contribution is 7.19. The van der Waals surface area contributed by atoms with Crippen LogP contribution in [0, 0.1) is 5.92 Å². The first kappa shape index (κ1) is 15.2. The number of rotatable bonds is 4. The minimum atomic E-state index is 0.0974. The number of Topliss-reactive ketones (excluding diaryl/α,β-unsaturated/α-hetero) is 1. The second kappa shape index (κ2) is 6.48. The second-order valence-electron chi connectivity index (χ2n) is 5.48. The van der Waals surface area contributed by atoms with Crippen LogP contribution in [-0.2, 0) is 0 Å². The van der Waals surface area contributed by atoms with Crippen LogP contribution in [-0.4, -0.2) is 26.0 Å². The monoisotopic (exact) mass is 296 g/mol. The fourth-order valence-electron chi connectivity index (χ4n) is 2.66. The Morgan fingerprint density at radius 3 is 2.85 bits per heavy atom. The smallest absolute Gasteiger partial charge is 0.177 e. The number of hydrogen-bond donors (Lipinski definition) is 1. The van der Waals surface area contributed by atoms with Crippen LogP contribution in [0.3, 0.4) is 0 Å². The third-order valence-electron chi connectivity index (χ3n) is 3.96. The Morgan fingerprint density at radius 1 is 1.45 bits per heavy atom. The van der Waals surface area contributed by atoms with Crippen LogP contribution in [0.1, 0.15) is 49.2 Å². The molecule has 1 aliphatic rings. The van der Waals surface area contributed by atoms with Gasteiger partial charge in [0.25, 0.3) is 0 Å². The zero-order valence-electron chi connectivity index (χ0n) is 12.6. The molecule has 0 radical (unpaired) electrons. The SMILES string of the molecule is CCC(=O)c1sc(N2CCCC(C)CC2)c(OC)c1N. The number of nitrogens with zero attached hydrogens (tertiary/aromatic N) is 1. The summed E-state index contributed by atoms with van der Waals surface area (Å²) < 4.78 is 5.46. The summed E-state index contributed by atoms with van der Waals surface area (Å²) in [6, 6.07) is 0. The molecule has 1 aromatic heterocycles. The Hall–Kier alpha value is -1.23. The minimum absolute atomic E-state index is 0.0974. The fourth-order valence-corrected chi connectivity index (χ4v) is 3.91. The molecule has 0 aliphatic carbocycles. The van der Waals surface area contributed by atoms with Crippen LogP contribution >= 0.6 is 11.3 Å². The minimum Gasteiger partial charge on any atom is -0.492 e. The first-order valence-electron chi connectivity index (χ1n) is 7.32. The van der Waals surface area contributed by atoms with Gasteiger partial charge in [0.2, 0.25) is 0 Å². The molecule has 20 heavy (non-hydrogen) atoms. The van der Waals surface area contributed by atoms with E-state index in [1.54, 1.807) is 7.11 Å². The van der Waals surface area contributed by atoms with Crippen molar-refractivity contribution in [3.63, 3.8) is 0 Å². The molecule has 0 aromatic carbocycles. The molecule has 0 amide bonds. The molecule has 112 valence electrons. The van der Waals surface area contributed by atoms with Gasteiger partial charge in [0.1, 0.15) is 5.00 Å². The zero-order chi connectivity index (χ0) is 14.7. The molecular formula is C15H24N2O2S. The van der Waals surface area contributed by atoms with Gasteiger partial charge in [-0.2, -0.15) is 0 Å². The van der Waals surface area contributed by atoms with E-state index < -0.39 is 0 Å². The average Bonchev–Trinajstić information content (AvgIpc) is 2.62. The molecular weight excluding hydrogens is 272 g/mol. The maximum Gasteiger partial charge on any atom is 0.177 e. The number of carbonyl (C=O) groups excluding carboxylic acids is 1. The van der Waals surface area contributed by atoms with Crippen molar-refractivity contribution >= 4 is 27.8 Å². The van der Waals surface area contributed by atoms with Crippen molar-refractivity contribution in [1.29, 1.82) is 0 Å². The van der Waals surface area contributed by atoms with E-state index >= 15 is 0 Å². The maximum atomic E-state index is 12.0. The quantitative estimate of drug-likeness (QED) is 0.863. The van der Waals surface area contributed by atoms with Crippen molar-refractivity contribution in [2.75, 3.05) is 30.8 Å². The first-order chi connectivity index (χ1) is 9.58. The van der Waals surface area contributed by atoms with Crippen LogP contribution in [0.25, 0.3) is 0 Å². The van der Waals surface area contributed by atoms with E-state index in [9.17, 15) is 4.79 Å². The molecule has 0 saturated carbocycles. The highest BCUT2D eigenvalue weighted by atomic mass is 32.1. The number of ketones is 1. The van der Waals surface area contributed by atoms with Gasteiger partial charge < -0.3 is 15.4 Å². The lowest BCUT2D eigenvalue weighted by Gasteiger charge is -2.21. The Morgan fingerprint density at radius 2 is 2.20 bits per heavy atom. The summed E-state index contributed by atoms with van der Waals surface area (Å²) >= 11 is 1.49. The van der Waals surface area contributed by atoms with Crippen molar-refractivity contribution in [2.45, 2.75) is 39.5 Å². The lowest BCUT2D eigenvalue weighted by Crippen LogP contribution is -2.23. The molecule has 0 bridgehead atoms. The van der Waals surface area contributed by atoms with Crippen molar-refractivity contribution < 1.29 is 9.53 Å². The molecule has 0 spiro atoms. The summed E-state index contributed by atoms with van der Waals surface area (Å²) in [5, 5.41) is 1.02. The highest BCUT2D eigenvalue weighted by Crippen LogP contribution is 2.45. The summed E-state index contributed by atoms with van der Waals surface area (Å²) in [5.74, 6) is 1.54. The van der Waals surface area contributed by atoms with Gasteiger partial charge in [0, 0.05) is 19.5 Å². The normalized spacial score (nSPS) is 19.8. The van der Waals surface area contributed by atoms with E-state index in [0.29, 0.717) is 22.7 Å². The van der Waals surface area contributed by atoms with Crippen molar-refractivity contribution in [1.82, 2.24) is 0 Å². The Balaban J connectivity index is 2.32. The topological polar surface area (TPSA) is 55.6 Å². The molecule has 4 nitrogen and oxygen atoms in total. The Labute approximate surface area is 124 Å². The number of hydrogen-bond acceptors (Lipinski definition) is 5. The fraction of sp³-hybridized carbons (Fsp3) is 0.667. The summed E-state index contributed by atoms with van der Waals surface area (Å²) in [6.07, 6.45) is 4.10. The molecule has 1 aliphatic heterocycles. The number of nitrogen functional groups attached to an aromatic ring is 1. The molecule has 2 N–H and O–H groups in total. The van der Waals surface area contributed by atoms with Crippen LogP contribution in [0.15, 0.2) is 0 Å². The Bertz CT molecular complexity index is 484. The molecule has 2 rings (SSSR count). The largest absolute Gasteiger partial charge is 0.492 e. The van der Waals surface area contributed by atoms with Crippen molar-refractivity contribution in [3.05, 3.63) is 4.88 Å². The van der Waals surface area contributed by atoms with Crippen LogP contribution in [0.5, 0.6) is 5.75 Å².